The number of anilines is 1. The van der Waals surface area contributed by atoms with Gasteiger partial charge in [-0.25, -0.2) is 0 Å². The van der Waals surface area contributed by atoms with Crippen LogP contribution in [0.25, 0.3) is 0 Å². The van der Waals surface area contributed by atoms with Gasteiger partial charge in [-0.1, -0.05) is 12.1 Å². The Morgan fingerprint density at radius 2 is 1.96 bits per heavy atom. The number of carbonyl (C=O) groups is 1. The number of hydrogen-bond donors (Lipinski definition) is 2. The van der Waals surface area contributed by atoms with E-state index in [0.29, 0.717) is 29.5 Å². The molecule has 0 aromatic heterocycles. The fraction of sp³-hybridized carbons (Fsp3) is 0.600. The Balaban J connectivity index is 1.40. The lowest BCUT2D eigenvalue weighted by molar-refractivity contribution is -0.166. The smallest absolute Gasteiger partial charge is 0.224 e. The van der Waals surface area contributed by atoms with Crippen molar-refractivity contribution in [2.75, 3.05) is 5.32 Å². The Kier molecular flexibility index (Phi) is 3.65. The Morgan fingerprint density at radius 3 is 2.62 bits per heavy atom. The third-order valence-corrected chi connectivity index (χ3v) is 6.36. The van der Waals surface area contributed by atoms with Crippen LogP contribution in [0.2, 0.25) is 0 Å². The molecule has 2 atom stereocenters. The van der Waals surface area contributed by atoms with Crippen LogP contribution in [-0.4, -0.2) is 16.6 Å². The maximum atomic E-state index is 12.4. The first-order chi connectivity index (χ1) is 11.5. The molecule has 1 aromatic rings. The molecule has 4 nitrogen and oxygen atoms in total. The Hall–Kier alpha value is -1.86. The van der Waals surface area contributed by atoms with Gasteiger partial charge >= 0.3 is 0 Å². The second kappa shape index (κ2) is 5.60. The first-order valence-electron chi connectivity index (χ1n) is 9.01. The molecule has 4 heteroatoms. The van der Waals surface area contributed by atoms with Gasteiger partial charge in [0, 0.05) is 6.42 Å². The zero-order valence-corrected chi connectivity index (χ0v) is 13.9. The molecule has 0 aliphatic heterocycles. The minimum absolute atomic E-state index is 0.0274. The summed E-state index contributed by atoms with van der Waals surface area (Å²) in [6.45, 7) is 0. The Bertz CT molecular complexity index is 692. The Morgan fingerprint density at radius 1 is 1.25 bits per heavy atom. The van der Waals surface area contributed by atoms with Gasteiger partial charge in [0.1, 0.15) is 6.07 Å². The third-order valence-electron chi connectivity index (χ3n) is 6.36. The molecule has 1 amide bonds. The lowest BCUT2D eigenvalue weighted by Crippen LogP contribution is -2.55. The number of benzene rings is 1. The van der Waals surface area contributed by atoms with E-state index < -0.39 is 5.60 Å². The standard InChI is InChI=1S/C20H24N2O2/c21-12-16-3-1-2-4-17(16)22-18(23)5-6-19-8-14-7-15(9-19)11-20(24,10-14)13-19/h1-4,14-15,24H,5-11,13H2,(H,22,23). The predicted molar refractivity (Wildman–Crippen MR) is 91.1 cm³/mol. The van der Waals surface area contributed by atoms with E-state index in [1.54, 1.807) is 18.2 Å². The van der Waals surface area contributed by atoms with Crippen LogP contribution in [0.4, 0.5) is 5.69 Å². The second-order valence-corrected chi connectivity index (χ2v) is 8.39. The van der Waals surface area contributed by atoms with Crippen LogP contribution in [0, 0.1) is 28.6 Å². The highest BCUT2D eigenvalue weighted by atomic mass is 16.3. The zero-order chi connectivity index (χ0) is 16.8. The van der Waals surface area contributed by atoms with Crippen molar-refractivity contribution in [2.45, 2.75) is 57.0 Å². The maximum Gasteiger partial charge on any atom is 0.224 e. The van der Waals surface area contributed by atoms with Gasteiger partial charge < -0.3 is 10.4 Å². The van der Waals surface area contributed by atoms with Gasteiger partial charge in [-0.15, -0.1) is 0 Å². The molecule has 2 N–H and O–H groups in total. The van der Waals surface area contributed by atoms with E-state index in [4.69, 9.17) is 5.26 Å². The normalized spacial score (nSPS) is 36.3. The van der Waals surface area contributed by atoms with Gasteiger partial charge in [0.2, 0.25) is 5.91 Å². The second-order valence-electron chi connectivity index (χ2n) is 8.39. The lowest BCUT2D eigenvalue weighted by Gasteiger charge is -2.60. The summed E-state index contributed by atoms with van der Waals surface area (Å²) in [5.41, 5.74) is 0.780. The number of para-hydroxylation sites is 1. The minimum Gasteiger partial charge on any atom is -0.390 e. The molecule has 4 bridgehead atoms. The summed E-state index contributed by atoms with van der Waals surface area (Å²) < 4.78 is 0. The fourth-order valence-electron chi connectivity index (χ4n) is 5.98. The highest BCUT2D eigenvalue weighted by molar-refractivity contribution is 5.92. The number of amides is 1. The van der Waals surface area contributed by atoms with E-state index in [-0.39, 0.29) is 11.3 Å². The number of aliphatic hydroxyl groups is 1. The number of hydrogen-bond acceptors (Lipinski definition) is 3. The van der Waals surface area contributed by atoms with Crippen LogP contribution in [-0.2, 0) is 4.79 Å². The van der Waals surface area contributed by atoms with Gasteiger partial charge in [0.25, 0.3) is 0 Å². The van der Waals surface area contributed by atoms with Crippen molar-refractivity contribution in [3.05, 3.63) is 29.8 Å². The summed E-state index contributed by atoms with van der Waals surface area (Å²) >= 11 is 0. The molecular weight excluding hydrogens is 300 g/mol. The van der Waals surface area contributed by atoms with Crippen LogP contribution >= 0.6 is 0 Å². The van der Waals surface area contributed by atoms with Crippen molar-refractivity contribution in [1.82, 2.24) is 0 Å². The number of rotatable bonds is 4. The molecular formula is C20H24N2O2. The molecule has 0 heterocycles. The highest BCUT2D eigenvalue weighted by Gasteiger charge is 2.56. The Labute approximate surface area is 142 Å². The monoisotopic (exact) mass is 324 g/mol. The largest absolute Gasteiger partial charge is 0.390 e. The van der Waals surface area contributed by atoms with Crippen molar-refractivity contribution in [2.24, 2.45) is 17.3 Å². The summed E-state index contributed by atoms with van der Waals surface area (Å²) in [4.78, 5) is 12.4. The van der Waals surface area contributed by atoms with Crippen LogP contribution in [0.1, 0.15) is 56.9 Å². The van der Waals surface area contributed by atoms with Crippen LogP contribution < -0.4 is 5.32 Å². The summed E-state index contributed by atoms with van der Waals surface area (Å²) in [5.74, 6) is 1.28. The fourth-order valence-corrected chi connectivity index (χ4v) is 5.98. The van der Waals surface area contributed by atoms with Gasteiger partial charge in [-0.3, -0.25) is 4.79 Å². The van der Waals surface area contributed by atoms with Crippen molar-refractivity contribution >= 4 is 11.6 Å². The van der Waals surface area contributed by atoms with E-state index in [2.05, 4.69) is 11.4 Å². The highest BCUT2D eigenvalue weighted by Crippen LogP contribution is 2.63. The maximum absolute atomic E-state index is 12.4. The van der Waals surface area contributed by atoms with Crippen molar-refractivity contribution < 1.29 is 9.90 Å². The molecule has 1 aromatic carbocycles. The van der Waals surface area contributed by atoms with Crippen LogP contribution in [0.5, 0.6) is 0 Å². The molecule has 5 rings (SSSR count). The molecule has 24 heavy (non-hydrogen) atoms. The molecule has 0 spiro atoms. The molecule has 4 fully saturated rings. The van der Waals surface area contributed by atoms with Crippen molar-refractivity contribution in [3.8, 4) is 6.07 Å². The average molecular weight is 324 g/mol. The third kappa shape index (κ3) is 2.82. The van der Waals surface area contributed by atoms with Gasteiger partial charge in [0.05, 0.1) is 16.9 Å². The van der Waals surface area contributed by atoms with E-state index >= 15 is 0 Å². The van der Waals surface area contributed by atoms with E-state index in [9.17, 15) is 9.90 Å². The molecule has 4 aliphatic rings. The summed E-state index contributed by atoms with van der Waals surface area (Å²) in [7, 11) is 0. The number of nitrogens with one attached hydrogen (secondary N) is 1. The van der Waals surface area contributed by atoms with Crippen LogP contribution in [0.15, 0.2) is 24.3 Å². The van der Waals surface area contributed by atoms with E-state index in [1.807, 2.05) is 6.07 Å². The van der Waals surface area contributed by atoms with Gasteiger partial charge in [0.15, 0.2) is 0 Å². The summed E-state index contributed by atoms with van der Waals surface area (Å²) in [6, 6.07) is 9.21. The SMILES string of the molecule is N#Cc1ccccc1NC(=O)CCC12CC3CC(CC(O)(C3)C1)C2. The molecule has 4 aliphatic carbocycles. The average Bonchev–Trinajstić information content (AvgIpc) is 2.51. The zero-order valence-electron chi connectivity index (χ0n) is 13.9. The summed E-state index contributed by atoms with van der Waals surface area (Å²) in [6.07, 6.45) is 7.74. The summed E-state index contributed by atoms with van der Waals surface area (Å²) in [5, 5.41) is 22.8. The molecule has 2 unspecified atom stereocenters. The quantitative estimate of drug-likeness (QED) is 0.888. The molecule has 126 valence electrons. The topological polar surface area (TPSA) is 73.1 Å². The first kappa shape index (κ1) is 15.7. The van der Waals surface area contributed by atoms with Crippen molar-refractivity contribution in [3.63, 3.8) is 0 Å². The lowest BCUT2D eigenvalue weighted by atomic mass is 9.47. The number of nitriles is 1. The predicted octanol–water partition coefficient (Wildman–Crippen LogP) is 3.61. The number of nitrogens with zero attached hydrogens (tertiary/aromatic N) is 1. The molecule has 0 saturated heterocycles. The number of carbonyl (C=O) groups excluding carboxylic acids is 1. The van der Waals surface area contributed by atoms with E-state index in [1.165, 1.54) is 19.3 Å². The minimum atomic E-state index is -0.464. The van der Waals surface area contributed by atoms with Crippen LogP contribution in [0.3, 0.4) is 0 Å². The van der Waals surface area contributed by atoms with Gasteiger partial charge in [-0.05, 0) is 74.3 Å². The molecule has 4 saturated carbocycles. The van der Waals surface area contributed by atoms with Gasteiger partial charge in [-0.2, -0.15) is 5.26 Å². The van der Waals surface area contributed by atoms with E-state index in [0.717, 1.165) is 25.7 Å². The molecule has 0 radical (unpaired) electrons. The first-order valence-corrected chi connectivity index (χ1v) is 9.01. The van der Waals surface area contributed by atoms with Crippen molar-refractivity contribution in [1.29, 1.82) is 5.26 Å².